The summed E-state index contributed by atoms with van der Waals surface area (Å²) in [7, 11) is 8.06. The zero-order valence-electron chi connectivity index (χ0n) is 15.5. The Morgan fingerprint density at radius 2 is 1.75 bits per heavy atom. The van der Waals surface area contributed by atoms with Crippen LogP contribution in [0.25, 0.3) is 0 Å². The topological polar surface area (TPSA) is 24.9 Å². The zero-order chi connectivity index (χ0) is 16.9. The second-order valence-corrected chi connectivity index (χ2v) is 8.07. The number of fused-ring (bicyclic) bond motifs is 1. The van der Waals surface area contributed by atoms with E-state index in [0.29, 0.717) is 11.6 Å². The van der Waals surface area contributed by atoms with Crippen LogP contribution in [0.5, 0.6) is 11.5 Å². The van der Waals surface area contributed by atoms with Gasteiger partial charge in [0, 0.05) is 23.5 Å². The molecule has 24 heavy (non-hydrogen) atoms. The number of benzene rings is 1. The highest BCUT2D eigenvalue weighted by Gasteiger charge is 2.57. The smallest absolute Gasteiger partial charge is 0.161 e. The van der Waals surface area contributed by atoms with Gasteiger partial charge in [0.25, 0.3) is 0 Å². The lowest BCUT2D eigenvalue weighted by Gasteiger charge is -2.59. The maximum absolute atomic E-state index is 5.58. The quantitative estimate of drug-likeness (QED) is 0.851. The summed E-state index contributed by atoms with van der Waals surface area (Å²) in [5.41, 5.74) is 2.17. The molecular formula is C20H30N2O2. The van der Waals surface area contributed by atoms with E-state index < -0.39 is 0 Å². The monoisotopic (exact) mass is 330 g/mol. The molecule has 4 nitrogen and oxygen atoms in total. The fraction of sp³-hybridized carbons (Fsp3) is 0.700. The van der Waals surface area contributed by atoms with Crippen molar-refractivity contribution in [2.24, 2.45) is 0 Å². The SMILES string of the molecule is COc1ccc([C@]23CCN(C)[C@H]2CC2(CCN2C)CC3)cc1OC. The van der Waals surface area contributed by atoms with Crippen LogP contribution in [0.2, 0.25) is 0 Å². The minimum atomic E-state index is 0.274. The van der Waals surface area contributed by atoms with E-state index in [1.165, 1.54) is 50.8 Å². The summed E-state index contributed by atoms with van der Waals surface area (Å²) in [5.74, 6) is 1.69. The Morgan fingerprint density at radius 1 is 0.958 bits per heavy atom. The average molecular weight is 330 g/mol. The first-order valence-electron chi connectivity index (χ1n) is 9.19. The summed E-state index contributed by atoms with van der Waals surface area (Å²) >= 11 is 0. The van der Waals surface area contributed by atoms with Gasteiger partial charge in [-0.15, -0.1) is 0 Å². The molecule has 4 rings (SSSR count). The van der Waals surface area contributed by atoms with E-state index in [9.17, 15) is 0 Å². The van der Waals surface area contributed by atoms with Crippen LogP contribution >= 0.6 is 0 Å². The normalized spacial score (nSPS) is 36.4. The molecule has 0 N–H and O–H groups in total. The number of likely N-dealkylation sites (tertiary alicyclic amines) is 2. The third-order valence-corrected chi connectivity index (χ3v) is 7.37. The number of ether oxygens (including phenoxy) is 2. The lowest BCUT2D eigenvalue weighted by molar-refractivity contribution is -0.0547. The number of likely N-dealkylation sites (N-methyl/N-ethyl adjacent to an activating group) is 1. The van der Waals surface area contributed by atoms with Crippen molar-refractivity contribution in [3.05, 3.63) is 23.8 Å². The lowest BCUT2D eigenvalue weighted by Crippen LogP contribution is -2.64. The first-order valence-corrected chi connectivity index (χ1v) is 9.19. The summed E-state index contributed by atoms with van der Waals surface area (Å²) in [6.07, 6.45) is 6.53. The number of hydrogen-bond acceptors (Lipinski definition) is 4. The molecule has 1 aromatic rings. The molecule has 132 valence electrons. The van der Waals surface area contributed by atoms with Crippen molar-refractivity contribution in [2.45, 2.75) is 49.1 Å². The fourth-order valence-corrected chi connectivity index (χ4v) is 5.53. The van der Waals surface area contributed by atoms with E-state index in [1.54, 1.807) is 14.2 Å². The number of hydrogen-bond donors (Lipinski definition) is 0. The lowest BCUT2D eigenvalue weighted by atomic mass is 9.58. The summed E-state index contributed by atoms with van der Waals surface area (Å²) in [5, 5.41) is 0. The van der Waals surface area contributed by atoms with Crippen molar-refractivity contribution in [1.29, 1.82) is 0 Å². The number of methoxy groups -OCH3 is 2. The van der Waals surface area contributed by atoms with E-state index in [0.717, 1.165) is 11.5 Å². The molecule has 1 aliphatic carbocycles. The van der Waals surface area contributed by atoms with Crippen molar-refractivity contribution in [2.75, 3.05) is 41.4 Å². The predicted octanol–water partition coefficient (Wildman–Crippen LogP) is 2.90. The van der Waals surface area contributed by atoms with Gasteiger partial charge in [-0.2, -0.15) is 0 Å². The van der Waals surface area contributed by atoms with Crippen LogP contribution in [0.3, 0.4) is 0 Å². The second-order valence-electron chi connectivity index (χ2n) is 8.07. The van der Waals surface area contributed by atoms with E-state index in [1.807, 2.05) is 0 Å². The van der Waals surface area contributed by atoms with Gasteiger partial charge < -0.3 is 19.3 Å². The molecule has 1 saturated carbocycles. The van der Waals surface area contributed by atoms with Gasteiger partial charge in [-0.25, -0.2) is 0 Å². The molecule has 3 aliphatic rings. The highest BCUT2D eigenvalue weighted by molar-refractivity contribution is 5.46. The number of rotatable bonds is 3. The highest BCUT2D eigenvalue weighted by atomic mass is 16.5. The van der Waals surface area contributed by atoms with Gasteiger partial charge in [0.05, 0.1) is 14.2 Å². The Hall–Kier alpha value is -1.26. The van der Waals surface area contributed by atoms with Gasteiger partial charge >= 0.3 is 0 Å². The average Bonchev–Trinajstić information content (AvgIpc) is 2.97. The first kappa shape index (κ1) is 16.2. The van der Waals surface area contributed by atoms with Crippen LogP contribution in [0, 0.1) is 0 Å². The van der Waals surface area contributed by atoms with Gasteiger partial charge in [0.2, 0.25) is 0 Å². The van der Waals surface area contributed by atoms with Crippen LogP contribution in [0.4, 0.5) is 0 Å². The van der Waals surface area contributed by atoms with E-state index in [2.05, 4.69) is 42.1 Å². The molecule has 1 spiro atoms. The standard InChI is InChI=1S/C20H30N2O2/c1-21-11-10-20(15-5-6-16(23-3)17(13-15)24-4)8-7-19(14-18(20)21)9-12-22(19)2/h5-6,13,18H,7-12,14H2,1-4H3/t18-,19?,20-/m0/s1. The van der Waals surface area contributed by atoms with Crippen LogP contribution < -0.4 is 9.47 Å². The van der Waals surface area contributed by atoms with Crippen molar-refractivity contribution in [1.82, 2.24) is 9.80 Å². The summed E-state index contributed by atoms with van der Waals surface area (Å²) in [6.45, 7) is 2.46. The van der Waals surface area contributed by atoms with Crippen molar-refractivity contribution < 1.29 is 9.47 Å². The van der Waals surface area contributed by atoms with Crippen molar-refractivity contribution >= 4 is 0 Å². The molecule has 0 aromatic heterocycles. The van der Waals surface area contributed by atoms with Crippen LogP contribution in [-0.4, -0.2) is 62.8 Å². The number of nitrogens with zero attached hydrogens (tertiary/aromatic N) is 2. The third kappa shape index (κ3) is 2.12. The van der Waals surface area contributed by atoms with Gasteiger partial charge in [0.1, 0.15) is 0 Å². The Labute approximate surface area is 145 Å². The molecule has 1 aromatic carbocycles. The van der Waals surface area contributed by atoms with Gasteiger partial charge in [-0.05, 0) is 70.4 Å². The minimum Gasteiger partial charge on any atom is -0.493 e. The van der Waals surface area contributed by atoms with Gasteiger partial charge in [-0.1, -0.05) is 6.07 Å². The maximum atomic E-state index is 5.58. The van der Waals surface area contributed by atoms with Crippen LogP contribution in [-0.2, 0) is 5.41 Å². The van der Waals surface area contributed by atoms with Crippen LogP contribution in [0.1, 0.15) is 37.7 Å². The van der Waals surface area contributed by atoms with Gasteiger partial charge in [0.15, 0.2) is 11.5 Å². The summed E-state index contributed by atoms with van der Waals surface area (Å²) < 4.78 is 11.0. The zero-order valence-corrected chi connectivity index (χ0v) is 15.5. The minimum absolute atomic E-state index is 0.274. The maximum Gasteiger partial charge on any atom is 0.161 e. The molecule has 3 atom stereocenters. The highest BCUT2D eigenvalue weighted by Crippen LogP contribution is 2.55. The van der Waals surface area contributed by atoms with Gasteiger partial charge in [-0.3, -0.25) is 0 Å². The molecule has 0 radical (unpaired) electrons. The first-order chi connectivity index (χ1) is 11.5. The summed E-state index contributed by atoms with van der Waals surface area (Å²) in [6, 6.07) is 7.22. The third-order valence-electron chi connectivity index (χ3n) is 7.37. The Kier molecular flexibility index (Phi) is 3.81. The molecule has 4 heteroatoms. The molecule has 1 unspecified atom stereocenters. The molecule has 0 bridgehead atoms. The molecule has 3 fully saturated rings. The van der Waals surface area contributed by atoms with E-state index in [-0.39, 0.29) is 5.41 Å². The Balaban J connectivity index is 1.71. The molecule has 0 amide bonds. The Morgan fingerprint density at radius 3 is 2.38 bits per heavy atom. The second kappa shape index (κ2) is 5.63. The summed E-state index contributed by atoms with van der Waals surface area (Å²) in [4.78, 5) is 5.20. The largest absolute Gasteiger partial charge is 0.493 e. The molecule has 2 aliphatic heterocycles. The van der Waals surface area contributed by atoms with E-state index >= 15 is 0 Å². The van der Waals surface area contributed by atoms with Crippen molar-refractivity contribution in [3.63, 3.8) is 0 Å². The van der Waals surface area contributed by atoms with E-state index in [4.69, 9.17) is 9.47 Å². The fourth-order valence-electron chi connectivity index (χ4n) is 5.53. The predicted molar refractivity (Wildman–Crippen MR) is 96.1 cm³/mol. The molecule has 2 heterocycles. The molecular weight excluding hydrogens is 300 g/mol. The van der Waals surface area contributed by atoms with Crippen molar-refractivity contribution in [3.8, 4) is 11.5 Å². The Bertz CT molecular complexity index is 634. The van der Waals surface area contributed by atoms with Crippen LogP contribution in [0.15, 0.2) is 18.2 Å². The molecule has 2 saturated heterocycles.